The number of carbonyl (C=O) groups excluding carboxylic acids is 1. The van der Waals surface area contributed by atoms with Crippen molar-refractivity contribution in [1.82, 2.24) is 9.27 Å². The normalized spacial score (nSPS) is 15.9. The minimum Gasteiger partial charge on any atom is -0.337 e. The zero-order chi connectivity index (χ0) is 8.55. The lowest BCUT2D eigenvalue weighted by Crippen LogP contribution is -2.42. The van der Waals surface area contributed by atoms with Crippen LogP contribution in [0.2, 0.25) is 0 Å². The summed E-state index contributed by atoms with van der Waals surface area (Å²) in [4.78, 5) is 14.4. The van der Waals surface area contributed by atoms with Gasteiger partial charge in [0.05, 0.1) is 0 Å². The number of amides is 1. The number of likely N-dealkylation sites (tertiary alicyclic amines) is 1. The van der Waals surface area contributed by atoms with Crippen molar-refractivity contribution in [2.75, 3.05) is 13.1 Å². The zero-order valence-electron chi connectivity index (χ0n) is 6.91. The Balaban J connectivity index is 2.13. The Hall–Kier alpha value is -0.900. The predicted octanol–water partition coefficient (Wildman–Crippen LogP) is 1.30. The fraction of sp³-hybridized carbons (Fsp3) is 0.500. The third-order valence-corrected chi connectivity index (χ3v) is 2.68. The van der Waals surface area contributed by atoms with Gasteiger partial charge in [0.15, 0.2) is 0 Å². The Labute approximate surface area is 75.2 Å². The van der Waals surface area contributed by atoms with E-state index in [4.69, 9.17) is 0 Å². The van der Waals surface area contributed by atoms with E-state index in [1.165, 1.54) is 11.5 Å². The Morgan fingerprint density at radius 3 is 2.83 bits per heavy atom. The van der Waals surface area contributed by atoms with E-state index < -0.39 is 0 Å². The highest BCUT2D eigenvalue weighted by atomic mass is 32.1. The Kier molecular flexibility index (Phi) is 1.84. The molecule has 1 fully saturated rings. The number of rotatable bonds is 1. The molecule has 0 unspecified atom stereocenters. The van der Waals surface area contributed by atoms with Crippen molar-refractivity contribution < 1.29 is 4.79 Å². The molecule has 3 nitrogen and oxygen atoms in total. The summed E-state index contributed by atoms with van der Waals surface area (Å²) in [7, 11) is 0. The van der Waals surface area contributed by atoms with Crippen LogP contribution in [0.3, 0.4) is 0 Å². The van der Waals surface area contributed by atoms with Crippen molar-refractivity contribution in [3.63, 3.8) is 0 Å². The van der Waals surface area contributed by atoms with Gasteiger partial charge in [0.25, 0.3) is 5.91 Å². The number of aryl methyl sites for hydroxylation is 1. The van der Waals surface area contributed by atoms with Crippen LogP contribution in [-0.4, -0.2) is 28.3 Å². The monoisotopic (exact) mass is 182 g/mol. The molecule has 1 aliphatic heterocycles. The van der Waals surface area contributed by atoms with Crippen molar-refractivity contribution in [3.8, 4) is 0 Å². The number of hydrogen-bond donors (Lipinski definition) is 0. The van der Waals surface area contributed by atoms with Gasteiger partial charge in [-0.15, -0.1) is 0 Å². The van der Waals surface area contributed by atoms with E-state index in [1.54, 1.807) is 0 Å². The molecule has 2 heterocycles. The Morgan fingerprint density at radius 2 is 2.42 bits per heavy atom. The van der Waals surface area contributed by atoms with Gasteiger partial charge >= 0.3 is 0 Å². The molecule has 0 spiro atoms. The molecular formula is C8H10N2OS. The van der Waals surface area contributed by atoms with E-state index in [1.807, 2.05) is 17.9 Å². The lowest BCUT2D eigenvalue weighted by molar-refractivity contribution is 0.0647. The van der Waals surface area contributed by atoms with Gasteiger partial charge in [-0.05, 0) is 30.9 Å². The lowest BCUT2D eigenvalue weighted by Gasteiger charge is -2.29. The van der Waals surface area contributed by atoms with Gasteiger partial charge in [0.2, 0.25) is 0 Å². The van der Waals surface area contributed by atoms with E-state index in [0.29, 0.717) is 5.69 Å². The summed E-state index contributed by atoms with van der Waals surface area (Å²) in [6.07, 6.45) is 1.13. The number of nitrogens with zero attached hydrogens (tertiary/aromatic N) is 2. The van der Waals surface area contributed by atoms with Crippen molar-refractivity contribution in [1.29, 1.82) is 0 Å². The van der Waals surface area contributed by atoms with Gasteiger partial charge in [-0.3, -0.25) is 4.79 Å². The summed E-state index contributed by atoms with van der Waals surface area (Å²) < 4.78 is 4.07. The first-order valence-corrected chi connectivity index (χ1v) is 4.77. The molecule has 2 rings (SSSR count). The molecule has 0 radical (unpaired) electrons. The van der Waals surface area contributed by atoms with Gasteiger partial charge in [0.1, 0.15) is 5.69 Å². The first-order valence-electron chi connectivity index (χ1n) is 4.00. The largest absolute Gasteiger partial charge is 0.337 e. The topological polar surface area (TPSA) is 33.2 Å². The quantitative estimate of drug-likeness (QED) is 0.656. The summed E-state index contributed by atoms with van der Waals surface area (Å²) in [5, 5.41) is 0. The number of hydrogen-bond acceptors (Lipinski definition) is 3. The molecule has 0 aliphatic carbocycles. The first-order chi connectivity index (χ1) is 5.77. The molecule has 0 bridgehead atoms. The fourth-order valence-electron chi connectivity index (χ4n) is 1.15. The lowest BCUT2D eigenvalue weighted by atomic mass is 10.2. The maximum absolute atomic E-state index is 11.5. The van der Waals surface area contributed by atoms with Crippen LogP contribution in [-0.2, 0) is 0 Å². The second kappa shape index (κ2) is 2.86. The molecule has 1 saturated heterocycles. The molecule has 4 heteroatoms. The Bertz CT molecular complexity index is 304. The van der Waals surface area contributed by atoms with Gasteiger partial charge in [-0.2, -0.15) is 4.37 Å². The molecule has 64 valence electrons. The molecule has 0 saturated carbocycles. The number of carbonyl (C=O) groups is 1. The maximum atomic E-state index is 11.5. The van der Waals surface area contributed by atoms with Gasteiger partial charge < -0.3 is 4.90 Å². The van der Waals surface area contributed by atoms with Crippen LogP contribution < -0.4 is 0 Å². The van der Waals surface area contributed by atoms with E-state index in [9.17, 15) is 4.79 Å². The molecule has 1 aliphatic rings. The third kappa shape index (κ3) is 1.22. The second-order valence-electron chi connectivity index (χ2n) is 2.97. The highest BCUT2D eigenvalue weighted by Gasteiger charge is 2.22. The first kappa shape index (κ1) is 7.73. The highest BCUT2D eigenvalue weighted by Crippen LogP contribution is 2.14. The smallest absolute Gasteiger partial charge is 0.273 e. The van der Waals surface area contributed by atoms with Crippen LogP contribution in [0.4, 0.5) is 0 Å². The van der Waals surface area contributed by atoms with Crippen LogP contribution >= 0.6 is 11.5 Å². The molecule has 1 aromatic rings. The van der Waals surface area contributed by atoms with Crippen molar-refractivity contribution in [2.24, 2.45) is 0 Å². The zero-order valence-corrected chi connectivity index (χ0v) is 7.73. The van der Waals surface area contributed by atoms with Gasteiger partial charge in [-0.1, -0.05) is 0 Å². The van der Waals surface area contributed by atoms with Crippen molar-refractivity contribution >= 4 is 17.4 Å². The number of aromatic nitrogens is 1. The summed E-state index contributed by atoms with van der Waals surface area (Å²) in [6.45, 7) is 3.76. The minimum atomic E-state index is 0.0885. The van der Waals surface area contributed by atoms with Crippen LogP contribution in [0.1, 0.15) is 21.8 Å². The summed E-state index contributed by atoms with van der Waals surface area (Å²) in [5.41, 5.74) is 0.609. The fourth-order valence-corrected chi connectivity index (χ4v) is 1.69. The van der Waals surface area contributed by atoms with Crippen LogP contribution in [0, 0.1) is 6.92 Å². The van der Waals surface area contributed by atoms with E-state index in [2.05, 4.69) is 4.37 Å². The standard InChI is InChI=1S/C8H10N2OS/c1-6-5-7(9-12-6)8(11)10-3-2-4-10/h5H,2-4H2,1H3. The maximum Gasteiger partial charge on any atom is 0.273 e. The average molecular weight is 182 g/mol. The molecule has 0 aromatic carbocycles. The summed E-state index contributed by atoms with van der Waals surface area (Å²) in [6, 6.07) is 1.85. The van der Waals surface area contributed by atoms with Crippen LogP contribution in [0.5, 0.6) is 0 Å². The molecule has 1 aromatic heterocycles. The van der Waals surface area contributed by atoms with Gasteiger partial charge in [0, 0.05) is 18.0 Å². The van der Waals surface area contributed by atoms with E-state index >= 15 is 0 Å². The highest BCUT2D eigenvalue weighted by molar-refractivity contribution is 7.05. The van der Waals surface area contributed by atoms with Gasteiger partial charge in [-0.25, -0.2) is 0 Å². The SMILES string of the molecule is Cc1cc(C(=O)N2CCC2)ns1. The summed E-state index contributed by atoms with van der Waals surface area (Å²) >= 11 is 1.39. The van der Waals surface area contributed by atoms with Crippen molar-refractivity contribution in [3.05, 3.63) is 16.6 Å². The van der Waals surface area contributed by atoms with Crippen LogP contribution in [0.15, 0.2) is 6.07 Å². The molecule has 12 heavy (non-hydrogen) atoms. The molecule has 0 atom stereocenters. The van der Waals surface area contributed by atoms with Crippen molar-refractivity contribution in [2.45, 2.75) is 13.3 Å². The summed E-state index contributed by atoms with van der Waals surface area (Å²) in [5.74, 6) is 0.0885. The van der Waals surface area contributed by atoms with Crippen LogP contribution in [0.25, 0.3) is 0 Å². The van der Waals surface area contributed by atoms with E-state index in [0.717, 1.165) is 24.4 Å². The molecule has 0 N–H and O–H groups in total. The predicted molar refractivity (Wildman–Crippen MR) is 47.4 cm³/mol. The van der Waals surface area contributed by atoms with E-state index in [-0.39, 0.29) is 5.91 Å². The Morgan fingerprint density at radius 1 is 1.67 bits per heavy atom. The minimum absolute atomic E-state index is 0.0885. The molecule has 1 amide bonds. The average Bonchev–Trinajstić information content (AvgIpc) is 2.31. The molecular weight excluding hydrogens is 172 g/mol. The third-order valence-electron chi connectivity index (χ3n) is 1.99. The second-order valence-corrected chi connectivity index (χ2v) is 3.98.